The maximum atomic E-state index is 5.91. The van der Waals surface area contributed by atoms with Crippen molar-refractivity contribution in [2.45, 2.75) is 51.7 Å². The van der Waals surface area contributed by atoms with Gasteiger partial charge in [-0.3, -0.25) is 0 Å². The van der Waals surface area contributed by atoms with E-state index in [9.17, 15) is 0 Å². The number of hydrogen-bond acceptors (Lipinski definition) is 4. The third kappa shape index (κ3) is 4.39. The lowest BCUT2D eigenvalue weighted by molar-refractivity contribution is 0.186. The molecule has 0 spiro atoms. The largest absolute Gasteiger partial charge is 0.491 e. The molecule has 0 bridgehead atoms. The van der Waals surface area contributed by atoms with Crippen molar-refractivity contribution in [3.8, 4) is 5.75 Å². The first-order chi connectivity index (χ1) is 12.9. The molecule has 4 nitrogen and oxygen atoms in total. The van der Waals surface area contributed by atoms with Crippen LogP contribution in [-0.2, 0) is 19.6 Å². The van der Waals surface area contributed by atoms with Gasteiger partial charge in [-0.05, 0) is 60.4 Å². The van der Waals surface area contributed by atoms with E-state index in [1.165, 1.54) is 16.7 Å². The van der Waals surface area contributed by atoms with Gasteiger partial charge in [0.25, 0.3) is 0 Å². The number of aryl methyl sites for hydroxylation is 1. The monoisotopic (exact) mass is 370 g/mol. The van der Waals surface area contributed by atoms with E-state index in [1.807, 2.05) is 0 Å². The van der Waals surface area contributed by atoms with Crippen LogP contribution in [0.15, 0.2) is 41.7 Å². The molecule has 2 heterocycles. The summed E-state index contributed by atoms with van der Waals surface area (Å²) in [5.41, 5.74) is 3.87. The fraction of sp³-hybridized carbons (Fsp3) is 0.565. The summed E-state index contributed by atoms with van der Waals surface area (Å²) in [7, 11) is 0. The Kier molecular flexibility index (Phi) is 5.04. The first kappa shape index (κ1) is 18.6. The standard InChI is InChI=1S/C23H30O4/c1-15-9-17(5-7-21(15)26-13-19-11-24-19)23(3,4)18-6-8-22(16(2)10-18)27-14-20-12-25-20/h5-9,18-20H,10-14H2,1-4H3. The zero-order valence-corrected chi connectivity index (χ0v) is 16.8. The Bertz CT molecular complexity index is 754. The van der Waals surface area contributed by atoms with Gasteiger partial charge in [-0.25, -0.2) is 0 Å². The molecule has 2 fully saturated rings. The summed E-state index contributed by atoms with van der Waals surface area (Å²) in [4.78, 5) is 0. The second kappa shape index (κ2) is 7.33. The molecule has 146 valence electrons. The van der Waals surface area contributed by atoms with Crippen LogP contribution < -0.4 is 4.74 Å². The van der Waals surface area contributed by atoms with Crippen molar-refractivity contribution in [3.05, 3.63) is 52.8 Å². The topological polar surface area (TPSA) is 43.5 Å². The molecule has 3 atom stereocenters. The SMILES string of the molecule is CC1=C(OCC2CO2)C=CC(C(C)(C)c2ccc(OCC3CO3)c(C)c2)C1. The van der Waals surface area contributed by atoms with Crippen LogP contribution in [0.5, 0.6) is 5.75 Å². The molecule has 1 aliphatic carbocycles. The van der Waals surface area contributed by atoms with E-state index >= 15 is 0 Å². The highest BCUT2D eigenvalue weighted by atomic mass is 16.6. The molecular formula is C23H30O4. The molecule has 27 heavy (non-hydrogen) atoms. The minimum Gasteiger partial charge on any atom is -0.491 e. The Morgan fingerprint density at radius 2 is 1.70 bits per heavy atom. The molecule has 0 saturated carbocycles. The molecule has 1 aromatic carbocycles. The number of allylic oxidation sites excluding steroid dienone is 3. The van der Waals surface area contributed by atoms with Crippen molar-refractivity contribution in [3.63, 3.8) is 0 Å². The predicted octanol–water partition coefficient (Wildman–Crippen LogP) is 4.32. The van der Waals surface area contributed by atoms with E-state index in [0.29, 0.717) is 25.2 Å². The maximum absolute atomic E-state index is 5.91. The van der Waals surface area contributed by atoms with Gasteiger partial charge in [0.05, 0.1) is 13.2 Å². The van der Waals surface area contributed by atoms with Gasteiger partial charge in [0.1, 0.15) is 36.9 Å². The van der Waals surface area contributed by atoms with Gasteiger partial charge in [-0.15, -0.1) is 0 Å². The highest BCUT2D eigenvalue weighted by Gasteiger charge is 2.33. The average molecular weight is 370 g/mol. The van der Waals surface area contributed by atoms with Crippen LogP contribution in [0.2, 0.25) is 0 Å². The van der Waals surface area contributed by atoms with E-state index in [-0.39, 0.29) is 11.5 Å². The van der Waals surface area contributed by atoms with Crippen LogP contribution in [0.25, 0.3) is 0 Å². The Morgan fingerprint density at radius 3 is 2.30 bits per heavy atom. The van der Waals surface area contributed by atoms with Gasteiger partial charge < -0.3 is 18.9 Å². The molecule has 2 saturated heterocycles. The first-order valence-electron chi connectivity index (χ1n) is 9.91. The smallest absolute Gasteiger partial charge is 0.122 e. The lowest BCUT2D eigenvalue weighted by Crippen LogP contribution is -2.29. The molecule has 0 amide bonds. The summed E-state index contributed by atoms with van der Waals surface area (Å²) in [6.45, 7) is 11.9. The van der Waals surface area contributed by atoms with Crippen LogP contribution >= 0.6 is 0 Å². The van der Waals surface area contributed by atoms with E-state index < -0.39 is 0 Å². The Hall–Kier alpha value is -1.78. The van der Waals surface area contributed by atoms with E-state index in [4.69, 9.17) is 18.9 Å². The zero-order valence-electron chi connectivity index (χ0n) is 16.8. The summed E-state index contributed by atoms with van der Waals surface area (Å²) in [6, 6.07) is 6.58. The van der Waals surface area contributed by atoms with Crippen molar-refractivity contribution < 1.29 is 18.9 Å². The molecular weight excluding hydrogens is 340 g/mol. The fourth-order valence-corrected chi connectivity index (χ4v) is 3.63. The summed E-state index contributed by atoms with van der Waals surface area (Å²) < 4.78 is 22.3. The highest BCUT2D eigenvalue weighted by molar-refractivity contribution is 5.41. The molecule has 0 N–H and O–H groups in total. The van der Waals surface area contributed by atoms with Crippen molar-refractivity contribution in [1.82, 2.24) is 0 Å². The number of ether oxygens (including phenoxy) is 4. The zero-order chi connectivity index (χ0) is 19.0. The molecule has 3 unspecified atom stereocenters. The quantitative estimate of drug-likeness (QED) is 0.640. The minimum absolute atomic E-state index is 0.0335. The van der Waals surface area contributed by atoms with E-state index in [1.54, 1.807) is 0 Å². The number of hydrogen-bond donors (Lipinski definition) is 0. The molecule has 4 rings (SSSR count). The van der Waals surface area contributed by atoms with Crippen molar-refractivity contribution in [2.24, 2.45) is 5.92 Å². The molecule has 1 aromatic rings. The van der Waals surface area contributed by atoms with Gasteiger partial charge in [-0.1, -0.05) is 32.1 Å². The van der Waals surface area contributed by atoms with E-state index in [2.05, 4.69) is 58.0 Å². The van der Waals surface area contributed by atoms with E-state index in [0.717, 1.165) is 31.1 Å². The summed E-state index contributed by atoms with van der Waals surface area (Å²) >= 11 is 0. The van der Waals surface area contributed by atoms with Crippen LogP contribution in [-0.4, -0.2) is 38.6 Å². The first-order valence-corrected chi connectivity index (χ1v) is 9.91. The van der Waals surface area contributed by atoms with Crippen LogP contribution in [0.4, 0.5) is 0 Å². The van der Waals surface area contributed by atoms with Gasteiger partial charge >= 0.3 is 0 Å². The lowest BCUT2D eigenvalue weighted by Gasteiger charge is -2.36. The lowest BCUT2D eigenvalue weighted by atomic mass is 9.69. The van der Waals surface area contributed by atoms with Gasteiger partial charge in [0.15, 0.2) is 0 Å². The molecule has 0 radical (unpaired) electrons. The summed E-state index contributed by atoms with van der Waals surface area (Å²) in [5, 5.41) is 0. The number of benzene rings is 1. The molecule has 0 aromatic heterocycles. The van der Waals surface area contributed by atoms with Crippen molar-refractivity contribution in [1.29, 1.82) is 0 Å². The van der Waals surface area contributed by atoms with Crippen molar-refractivity contribution in [2.75, 3.05) is 26.4 Å². The second-order valence-electron chi connectivity index (χ2n) is 8.55. The summed E-state index contributed by atoms with van der Waals surface area (Å²) in [6.07, 6.45) is 6.04. The van der Waals surface area contributed by atoms with Crippen molar-refractivity contribution >= 4 is 0 Å². The minimum atomic E-state index is 0.0335. The van der Waals surface area contributed by atoms with Gasteiger partial charge in [0.2, 0.25) is 0 Å². The fourth-order valence-electron chi connectivity index (χ4n) is 3.63. The van der Waals surface area contributed by atoms with Crippen LogP contribution in [0.1, 0.15) is 38.3 Å². The van der Waals surface area contributed by atoms with Gasteiger partial charge in [0, 0.05) is 0 Å². The third-order valence-electron chi connectivity index (χ3n) is 5.93. The van der Waals surface area contributed by atoms with Crippen LogP contribution in [0.3, 0.4) is 0 Å². The third-order valence-corrected chi connectivity index (χ3v) is 5.93. The van der Waals surface area contributed by atoms with Crippen LogP contribution in [0, 0.1) is 12.8 Å². The summed E-state index contributed by atoms with van der Waals surface area (Å²) in [5.74, 6) is 2.41. The maximum Gasteiger partial charge on any atom is 0.122 e. The Balaban J connectivity index is 1.43. The molecule has 3 aliphatic rings. The molecule has 2 aliphatic heterocycles. The number of epoxide rings is 2. The predicted molar refractivity (Wildman–Crippen MR) is 105 cm³/mol. The highest BCUT2D eigenvalue weighted by Crippen LogP contribution is 2.40. The number of rotatable bonds is 8. The second-order valence-corrected chi connectivity index (χ2v) is 8.55. The Labute approximate surface area is 162 Å². The van der Waals surface area contributed by atoms with Gasteiger partial charge in [-0.2, -0.15) is 0 Å². The average Bonchev–Trinajstić information content (AvgIpc) is 3.54. The Morgan fingerprint density at radius 1 is 1.04 bits per heavy atom. The molecule has 4 heteroatoms. The normalized spacial score (nSPS) is 26.9.